The molecule has 2 N–H and O–H groups in total. The Morgan fingerprint density at radius 2 is 1.90 bits per heavy atom. The van der Waals surface area contributed by atoms with Crippen LogP contribution in [0.25, 0.3) is 0 Å². The van der Waals surface area contributed by atoms with Crippen molar-refractivity contribution >= 4 is 17.6 Å². The largest absolute Gasteiger partial charge is 0.478 e. The van der Waals surface area contributed by atoms with Crippen molar-refractivity contribution in [1.29, 1.82) is 0 Å². The summed E-state index contributed by atoms with van der Waals surface area (Å²) in [6.45, 7) is 0.105. The lowest BCUT2D eigenvalue weighted by atomic mass is 10.1. The van der Waals surface area contributed by atoms with Gasteiger partial charge in [-0.25, -0.2) is 13.6 Å². The normalized spacial score (nSPS) is 10.3. The smallest absolute Gasteiger partial charge is 0.337 e. The Morgan fingerprint density at radius 3 is 2.50 bits per heavy atom. The predicted octanol–water partition coefficient (Wildman–Crippen LogP) is 1.26. The zero-order chi connectivity index (χ0) is 15.1. The van der Waals surface area contributed by atoms with Crippen molar-refractivity contribution in [2.75, 3.05) is 32.2 Å². The summed E-state index contributed by atoms with van der Waals surface area (Å²) in [4.78, 5) is 22.3. The third kappa shape index (κ3) is 4.56. The number of methoxy groups -OCH3 is 1. The predicted molar refractivity (Wildman–Crippen MR) is 64.6 cm³/mol. The molecular formula is C12H13F2NO5. The van der Waals surface area contributed by atoms with Crippen molar-refractivity contribution in [2.45, 2.75) is 0 Å². The molecule has 0 unspecified atom stereocenters. The minimum absolute atomic E-state index is 0.174. The second-order valence-electron chi connectivity index (χ2n) is 3.71. The molecule has 0 aliphatic carbocycles. The Labute approximate surface area is 113 Å². The van der Waals surface area contributed by atoms with Gasteiger partial charge in [-0.2, -0.15) is 0 Å². The minimum Gasteiger partial charge on any atom is -0.478 e. The van der Waals surface area contributed by atoms with Crippen molar-refractivity contribution in [3.63, 3.8) is 0 Å². The van der Waals surface area contributed by atoms with E-state index in [-0.39, 0.29) is 18.9 Å². The fourth-order valence-corrected chi connectivity index (χ4v) is 1.32. The Hall–Kier alpha value is -2.06. The zero-order valence-electron chi connectivity index (χ0n) is 10.6. The van der Waals surface area contributed by atoms with Crippen molar-refractivity contribution < 1.29 is 33.0 Å². The van der Waals surface area contributed by atoms with Crippen LogP contribution in [0.1, 0.15) is 10.4 Å². The van der Waals surface area contributed by atoms with E-state index < -0.39 is 29.1 Å². The number of carbonyl (C=O) groups is 2. The summed E-state index contributed by atoms with van der Waals surface area (Å²) in [5.41, 5.74) is -0.883. The van der Waals surface area contributed by atoms with Crippen molar-refractivity contribution in [3.05, 3.63) is 29.3 Å². The van der Waals surface area contributed by atoms with Crippen molar-refractivity contribution in [1.82, 2.24) is 0 Å². The Morgan fingerprint density at radius 1 is 1.25 bits per heavy atom. The van der Waals surface area contributed by atoms with Crippen LogP contribution in [0.3, 0.4) is 0 Å². The highest BCUT2D eigenvalue weighted by molar-refractivity contribution is 6.00. The SMILES string of the molecule is COCCOCC(=O)Nc1cc(F)c(F)cc1C(=O)O. The van der Waals surface area contributed by atoms with E-state index in [0.29, 0.717) is 18.7 Å². The number of benzene rings is 1. The van der Waals surface area contributed by atoms with Gasteiger partial charge in [0.25, 0.3) is 0 Å². The van der Waals surface area contributed by atoms with E-state index in [1.807, 2.05) is 0 Å². The van der Waals surface area contributed by atoms with Gasteiger partial charge in [0.2, 0.25) is 5.91 Å². The third-order valence-corrected chi connectivity index (χ3v) is 2.23. The lowest BCUT2D eigenvalue weighted by Gasteiger charge is -2.09. The number of aromatic carboxylic acids is 1. The van der Waals surface area contributed by atoms with Crippen LogP contribution in [0.5, 0.6) is 0 Å². The van der Waals surface area contributed by atoms with E-state index in [0.717, 1.165) is 0 Å². The summed E-state index contributed by atoms with van der Waals surface area (Å²) in [7, 11) is 1.46. The number of hydrogen-bond donors (Lipinski definition) is 2. The molecule has 1 rings (SSSR count). The quantitative estimate of drug-likeness (QED) is 0.738. The van der Waals surface area contributed by atoms with Crippen LogP contribution in [0.2, 0.25) is 0 Å². The number of hydrogen-bond acceptors (Lipinski definition) is 4. The summed E-state index contributed by atoms with van der Waals surface area (Å²) >= 11 is 0. The van der Waals surface area contributed by atoms with Gasteiger partial charge in [-0.05, 0) is 6.07 Å². The number of halogens is 2. The lowest BCUT2D eigenvalue weighted by Crippen LogP contribution is -2.21. The van der Waals surface area contributed by atoms with Crippen LogP contribution in [0, 0.1) is 11.6 Å². The Balaban J connectivity index is 2.73. The van der Waals surface area contributed by atoms with E-state index in [1.54, 1.807) is 0 Å². The van der Waals surface area contributed by atoms with E-state index in [4.69, 9.17) is 14.6 Å². The second kappa shape index (κ2) is 7.51. The maximum atomic E-state index is 13.1. The highest BCUT2D eigenvalue weighted by Crippen LogP contribution is 2.20. The fourth-order valence-electron chi connectivity index (χ4n) is 1.32. The summed E-state index contributed by atoms with van der Waals surface area (Å²) in [5, 5.41) is 11.0. The first-order valence-corrected chi connectivity index (χ1v) is 5.54. The standard InChI is InChI=1S/C12H13F2NO5/c1-19-2-3-20-6-11(16)15-10-5-9(14)8(13)4-7(10)12(17)18/h4-5H,2-3,6H2,1H3,(H,15,16)(H,17,18). The highest BCUT2D eigenvalue weighted by Gasteiger charge is 2.17. The van der Waals surface area contributed by atoms with Crippen molar-refractivity contribution in [3.8, 4) is 0 Å². The molecule has 0 saturated heterocycles. The van der Waals surface area contributed by atoms with Crippen LogP contribution < -0.4 is 5.32 Å². The van der Waals surface area contributed by atoms with E-state index in [2.05, 4.69) is 5.32 Å². The van der Waals surface area contributed by atoms with Crippen LogP contribution >= 0.6 is 0 Å². The molecule has 20 heavy (non-hydrogen) atoms. The molecule has 110 valence electrons. The lowest BCUT2D eigenvalue weighted by molar-refractivity contribution is -0.121. The van der Waals surface area contributed by atoms with Crippen LogP contribution in [0.15, 0.2) is 12.1 Å². The average molecular weight is 289 g/mol. The number of amides is 1. The monoisotopic (exact) mass is 289 g/mol. The first kappa shape index (κ1) is 16.0. The number of carbonyl (C=O) groups excluding carboxylic acids is 1. The number of carboxylic acid groups (broad SMARTS) is 1. The summed E-state index contributed by atoms with van der Waals surface area (Å²) in [6.07, 6.45) is 0. The summed E-state index contributed by atoms with van der Waals surface area (Å²) < 4.78 is 35.6. The number of carboxylic acids is 1. The minimum atomic E-state index is -1.49. The van der Waals surface area contributed by atoms with Gasteiger partial charge in [-0.1, -0.05) is 0 Å². The summed E-state index contributed by atoms with van der Waals surface area (Å²) in [6, 6.07) is 1.10. The molecular weight excluding hydrogens is 276 g/mol. The molecule has 0 fully saturated rings. The molecule has 6 nitrogen and oxygen atoms in total. The third-order valence-electron chi connectivity index (χ3n) is 2.23. The number of anilines is 1. The Kier molecular flexibility index (Phi) is 6.01. The molecule has 0 aromatic heterocycles. The molecule has 0 bridgehead atoms. The fraction of sp³-hybridized carbons (Fsp3) is 0.333. The van der Waals surface area contributed by atoms with Gasteiger partial charge < -0.3 is 19.9 Å². The molecule has 0 saturated carbocycles. The van der Waals surface area contributed by atoms with E-state index >= 15 is 0 Å². The molecule has 0 spiro atoms. The first-order valence-electron chi connectivity index (χ1n) is 5.54. The van der Waals surface area contributed by atoms with Gasteiger partial charge in [-0.3, -0.25) is 4.79 Å². The maximum absolute atomic E-state index is 13.1. The van der Waals surface area contributed by atoms with Crippen LogP contribution in [-0.2, 0) is 14.3 Å². The zero-order valence-corrected chi connectivity index (χ0v) is 10.6. The molecule has 0 aliphatic heterocycles. The molecule has 1 amide bonds. The van der Waals surface area contributed by atoms with E-state index in [1.165, 1.54) is 7.11 Å². The van der Waals surface area contributed by atoms with Gasteiger partial charge in [0, 0.05) is 13.2 Å². The summed E-state index contributed by atoms with van der Waals surface area (Å²) in [5.74, 6) is -4.74. The molecule has 8 heteroatoms. The van der Waals surface area contributed by atoms with Gasteiger partial charge in [0.05, 0.1) is 24.5 Å². The molecule has 0 atom stereocenters. The number of rotatable bonds is 7. The number of nitrogens with one attached hydrogen (secondary N) is 1. The van der Waals surface area contributed by atoms with Crippen LogP contribution in [-0.4, -0.2) is 43.9 Å². The van der Waals surface area contributed by atoms with Crippen LogP contribution in [0.4, 0.5) is 14.5 Å². The average Bonchev–Trinajstić information content (AvgIpc) is 2.38. The molecule has 0 aliphatic rings. The van der Waals surface area contributed by atoms with E-state index in [9.17, 15) is 18.4 Å². The molecule has 0 heterocycles. The Bertz CT molecular complexity index is 507. The van der Waals surface area contributed by atoms with Gasteiger partial charge in [0.15, 0.2) is 11.6 Å². The molecule has 1 aromatic rings. The topological polar surface area (TPSA) is 84.9 Å². The molecule has 1 aromatic carbocycles. The maximum Gasteiger partial charge on any atom is 0.337 e. The second-order valence-corrected chi connectivity index (χ2v) is 3.71. The first-order chi connectivity index (χ1) is 9.45. The highest BCUT2D eigenvalue weighted by atomic mass is 19.2. The molecule has 0 radical (unpaired) electrons. The van der Waals surface area contributed by atoms with Gasteiger partial charge in [-0.15, -0.1) is 0 Å². The van der Waals surface area contributed by atoms with Gasteiger partial charge in [0.1, 0.15) is 6.61 Å². The van der Waals surface area contributed by atoms with Crippen molar-refractivity contribution in [2.24, 2.45) is 0 Å². The number of ether oxygens (including phenoxy) is 2. The van der Waals surface area contributed by atoms with Gasteiger partial charge >= 0.3 is 5.97 Å².